The lowest BCUT2D eigenvalue weighted by Crippen LogP contribution is -2.27. The molecule has 0 bridgehead atoms. The van der Waals surface area contributed by atoms with Crippen LogP contribution in [0.5, 0.6) is 0 Å². The van der Waals surface area contributed by atoms with Gasteiger partial charge in [0.1, 0.15) is 0 Å². The zero-order chi connectivity index (χ0) is 19.3. The summed E-state index contributed by atoms with van der Waals surface area (Å²) in [4.78, 5) is 0.279. The van der Waals surface area contributed by atoms with E-state index in [1.54, 1.807) is 27.0 Å². The molecule has 2 aromatic carbocycles. The first-order chi connectivity index (χ1) is 13.6. The highest BCUT2D eigenvalue weighted by Crippen LogP contribution is 2.27. The predicted molar refractivity (Wildman–Crippen MR) is 106 cm³/mol. The smallest absolute Gasteiger partial charge is 0.207 e. The van der Waals surface area contributed by atoms with E-state index in [0.29, 0.717) is 30.1 Å². The van der Waals surface area contributed by atoms with Crippen molar-refractivity contribution in [1.29, 1.82) is 0 Å². The minimum atomic E-state index is -3.49. The summed E-state index contributed by atoms with van der Waals surface area (Å²) in [6.07, 6.45) is 1.81. The summed E-state index contributed by atoms with van der Waals surface area (Å²) in [7, 11) is -3.49. The first-order valence-corrected chi connectivity index (χ1v) is 10.7. The van der Waals surface area contributed by atoms with Crippen molar-refractivity contribution < 1.29 is 8.42 Å². The Bertz CT molecular complexity index is 1310. The number of aryl methyl sites for hydroxylation is 1. The molecule has 0 radical (unpaired) electrons. The van der Waals surface area contributed by atoms with E-state index in [1.807, 2.05) is 37.3 Å². The van der Waals surface area contributed by atoms with Crippen molar-refractivity contribution in [2.45, 2.75) is 24.7 Å². The number of rotatable bonds is 3. The first-order valence-electron chi connectivity index (χ1n) is 9.27. The van der Waals surface area contributed by atoms with Crippen LogP contribution >= 0.6 is 0 Å². The second kappa shape index (κ2) is 6.35. The molecular weight excluding hydrogens is 374 g/mol. The first kappa shape index (κ1) is 17.3. The number of nitrogens with zero attached hydrogens (tertiary/aromatic N) is 5. The zero-order valence-corrected chi connectivity index (χ0v) is 16.2. The van der Waals surface area contributed by atoms with Gasteiger partial charge in [-0.05, 0) is 31.9 Å². The van der Waals surface area contributed by atoms with Crippen LogP contribution in [0.1, 0.15) is 18.5 Å². The molecule has 1 fully saturated rings. The topological polar surface area (TPSA) is 80.5 Å². The van der Waals surface area contributed by atoms with E-state index >= 15 is 0 Å². The van der Waals surface area contributed by atoms with Gasteiger partial charge in [-0.25, -0.2) is 8.42 Å². The molecular formula is C20H19N5O2S. The van der Waals surface area contributed by atoms with Gasteiger partial charge in [0.05, 0.1) is 10.6 Å². The summed E-state index contributed by atoms with van der Waals surface area (Å²) in [6, 6.07) is 14.8. The molecule has 1 aliphatic rings. The van der Waals surface area contributed by atoms with Gasteiger partial charge < -0.3 is 0 Å². The maximum atomic E-state index is 12.9. The average Bonchev–Trinajstić information content (AvgIpc) is 3.39. The van der Waals surface area contributed by atoms with Crippen molar-refractivity contribution in [3.8, 4) is 11.4 Å². The fraction of sp³-hybridized carbons (Fsp3) is 0.250. The molecule has 28 heavy (non-hydrogen) atoms. The number of aromatic nitrogens is 4. The van der Waals surface area contributed by atoms with Gasteiger partial charge in [-0.1, -0.05) is 36.4 Å². The van der Waals surface area contributed by atoms with Gasteiger partial charge in [-0.15, -0.1) is 10.2 Å². The molecule has 4 aromatic rings. The molecule has 142 valence electrons. The lowest BCUT2D eigenvalue weighted by molar-refractivity contribution is 0.477. The molecule has 1 aliphatic heterocycles. The molecule has 0 atom stereocenters. The van der Waals surface area contributed by atoms with Crippen molar-refractivity contribution in [3.63, 3.8) is 0 Å². The van der Waals surface area contributed by atoms with E-state index in [2.05, 4.69) is 15.3 Å². The predicted octanol–water partition coefficient (Wildman–Crippen LogP) is 3.04. The van der Waals surface area contributed by atoms with E-state index in [0.717, 1.165) is 29.3 Å². The maximum Gasteiger partial charge on any atom is 0.243 e. The third-order valence-corrected chi connectivity index (χ3v) is 7.14. The van der Waals surface area contributed by atoms with E-state index in [4.69, 9.17) is 0 Å². The van der Waals surface area contributed by atoms with Crippen molar-refractivity contribution in [1.82, 2.24) is 24.1 Å². The lowest BCUT2D eigenvalue weighted by Gasteiger charge is -2.15. The minimum absolute atomic E-state index is 0.279. The molecule has 2 aromatic heterocycles. The normalized spacial score (nSPS) is 15.6. The monoisotopic (exact) mass is 393 g/mol. The third-order valence-electron chi connectivity index (χ3n) is 5.24. The van der Waals surface area contributed by atoms with Gasteiger partial charge in [0.2, 0.25) is 10.0 Å². The van der Waals surface area contributed by atoms with Crippen LogP contribution in [0.2, 0.25) is 0 Å². The SMILES string of the molecule is Cc1nn2c(-c3cccc(S(=O)(=O)N4CCCC4)c3)nnc2c2ccccc12. The van der Waals surface area contributed by atoms with Crippen LogP contribution in [0.3, 0.4) is 0 Å². The second-order valence-electron chi connectivity index (χ2n) is 7.03. The second-order valence-corrected chi connectivity index (χ2v) is 8.97. The highest BCUT2D eigenvalue weighted by atomic mass is 32.2. The Morgan fingerprint density at radius 3 is 2.46 bits per heavy atom. The zero-order valence-electron chi connectivity index (χ0n) is 15.4. The summed E-state index contributed by atoms with van der Waals surface area (Å²) in [5.41, 5.74) is 2.20. The highest BCUT2D eigenvalue weighted by Gasteiger charge is 2.27. The number of hydrogen-bond acceptors (Lipinski definition) is 5. The van der Waals surface area contributed by atoms with E-state index < -0.39 is 10.0 Å². The summed E-state index contributed by atoms with van der Waals surface area (Å²) >= 11 is 0. The number of benzene rings is 2. The number of sulfonamides is 1. The van der Waals surface area contributed by atoms with Gasteiger partial charge in [0, 0.05) is 29.4 Å². The summed E-state index contributed by atoms with van der Waals surface area (Å²) < 4.78 is 29.1. The van der Waals surface area contributed by atoms with Crippen LogP contribution in [0, 0.1) is 6.92 Å². The lowest BCUT2D eigenvalue weighted by atomic mass is 10.1. The number of hydrogen-bond donors (Lipinski definition) is 0. The van der Waals surface area contributed by atoms with Gasteiger partial charge in [-0.3, -0.25) is 0 Å². The Morgan fingerprint density at radius 2 is 1.68 bits per heavy atom. The Hall–Kier alpha value is -2.84. The van der Waals surface area contributed by atoms with Crippen LogP contribution in [-0.4, -0.2) is 45.6 Å². The largest absolute Gasteiger partial charge is 0.243 e. The van der Waals surface area contributed by atoms with E-state index in [9.17, 15) is 8.42 Å². The van der Waals surface area contributed by atoms with Crippen LogP contribution in [0.25, 0.3) is 27.8 Å². The molecule has 5 rings (SSSR count). The van der Waals surface area contributed by atoms with Gasteiger partial charge >= 0.3 is 0 Å². The van der Waals surface area contributed by atoms with Gasteiger partial charge in [-0.2, -0.15) is 13.9 Å². The Kier molecular flexibility index (Phi) is 3.92. The Balaban J connectivity index is 1.67. The fourth-order valence-corrected chi connectivity index (χ4v) is 5.36. The van der Waals surface area contributed by atoms with Crippen LogP contribution in [0.4, 0.5) is 0 Å². The summed E-state index contributed by atoms with van der Waals surface area (Å²) in [5.74, 6) is 0.530. The molecule has 1 saturated heterocycles. The van der Waals surface area contributed by atoms with Crippen molar-refractivity contribution in [3.05, 3.63) is 54.2 Å². The van der Waals surface area contributed by atoms with Gasteiger partial charge in [0.25, 0.3) is 0 Å². The van der Waals surface area contributed by atoms with Crippen molar-refractivity contribution in [2.75, 3.05) is 13.1 Å². The van der Waals surface area contributed by atoms with Crippen LogP contribution in [0.15, 0.2) is 53.4 Å². The molecule has 8 heteroatoms. The average molecular weight is 393 g/mol. The minimum Gasteiger partial charge on any atom is -0.207 e. The number of fused-ring (bicyclic) bond motifs is 3. The Morgan fingerprint density at radius 1 is 0.929 bits per heavy atom. The van der Waals surface area contributed by atoms with Crippen molar-refractivity contribution >= 4 is 26.4 Å². The molecule has 0 saturated carbocycles. The molecule has 7 nitrogen and oxygen atoms in total. The van der Waals surface area contributed by atoms with Gasteiger partial charge in [0.15, 0.2) is 11.5 Å². The standard InChI is InChI=1S/C20H19N5O2S/c1-14-17-9-2-3-10-18(17)20-22-21-19(25(20)23-14)15-7-6-8-16(13-15)28(26,27)24-11-4-5-12-24/h2-3,6-10,13H,4-5,11-12H2,1H3. The summed E-state index contributed by atoms with van der Waals surface area (Å²) in [6.45, 7) is 3.10. The van der Waals surface area contributed by atoms with E-state index in [1.165, 1.54) is 0 Å². The molecule has 0 N–H and O–H groups in total. The Labute approximate surface area is 162 Å². The fourth-order valence-electron chi connectivity index (χ4n) is 3.79. The van der Waals surface area contributed by atoms with Crippen molar-refractivity contribution in [2.24, 2.45) is 0 Å². The molecule has 0 spiro atoms. The summed E-state index contributed by atoms with van der Waals surface area (Å²) in [5, 5.41) is 15.3. The quantitative estimate of drug-likeness (QED) is 0.534. The molecule has 0 amide bonds. The van der Waals surface area contributed by atoms with Crippen LogP contribution in [-0.2, 0) is 10.0 Å². The molecule has 0 unspecified atom stereocenters. The van der Waals surface area contributed by atoms with Crippen LogP contribution < -0.4 is 0 Å². The third kappa shape index (κ3) is 2.60. The van der Waals surface area contributed by atoms with E-state index in [-0.39, 0.29) is 4.90 Å². The molecule has 0 aliphatic carbocycles. The highest BCUT2D eigenvalue weighted by molar-refractivity contribution is 7.89. The molecule has 3 heterocycles. The maximum absolute atomic E-state index is 12.9.